The molecule has 0 unspecified atom stereocenters. The van der Waals surface area contributed by atoms with Crippen LogP contribution in [0.2, 0.25) is 5.02 Å². The smallest absolute Gasteiger partial charge is 0.307 e. The van der Waals surface area contributed by atoms with Gasteiger partial charge in [0.15, 0.2) is 0 Å². The van der Waals surface area contributed by atoms with Crippen LogP contribution in [0.4, 0.5) is 0 Å². The lowest BCUT2D eigenvalue weighted by Crippen LogP contribution is -2.47. The number of rotatable bonds is 5. The fourth-order valence-electron chi connectivity index (χ4n) is 1.50. The molecule has 0 spiro atoms. The van der Waals surface area contributed by atoms with Gasteiger partial charge in [0.25, 0.3) is 5.91 Å². The second kappa shape index (κ2) is 6.52. The molecule has 104 valence electrons. The van der Waals surface area contributed by atoms with E-state index in [4.69, 9.17) is 11.6 Å². The van der Waals surface area contributed by atoms with Crippen LogP contribution in [0, 0.1) is 0 Å². The third-order valence-corrected chi connectivity index (χ3v) is 3.14. The lowest BCUT2D eigenvalue weighted by Gasteiger charge is -2.28. The minimum atomic E-state index is -0.661. The molecule has 1 amide bonds. The Bertz CT molecular complexity index is 461. The number of halogens is 1. The van der Waals surface area contributed by atoms with Crippen LogP contribution in [0.5, 0.6) is 0 Å². The van der Waals surface area contributed by atoms with Gasteiger partial charge in [-0.05, 0) is 25.5 Å². The first-order chi connectivity index (χ1) is 8.90. The van der Waals surface area contributed by atoms with Crippen molar-refractivity contribution in [1.82, 2.24) is 10.3 Å². The zero-order valence-corrected chi connectivity index (χ0v) is 12.0. The molecule has 0 aromatic carbocycles. The molecule has 0 fully saturated rings. The van der Waals surface area contributed by atoms with Gasteiger partial charge in [-0.1, -0.05) is 18.5 Å². The zero-order chi connectivity index (χ0) is 14.5. The van der Waals surface area contributed by atoms with Crippen LogP contribution >= 0.6 is 11.6 Å². The summed E-state index contributed by atoms with van der Waals surface area (Å²) in [6.45, 7) is 3.68. The number of nitrogens with zero attached hydrogens (tertiary/aromatic N) is 1. The van der Waals surface area contributed by atoms with Crippen LogP contribution in [0.1, 0.15) is 37.2 Å². The van der Waals surface area contributed by atoms with E-state index in [1.54, 1.807) is 13.0 Å². The van der Waals surface area contributed by atoms with Gasteiger partial charge >= 0.3 is 5.97 Å². The molecule has 0 aliphatic carbocycles. The second-order valence-corrected chi connectivity index (χ2v) is 4.92. The molecule has 19 heavy (non-hydrogen) atoms. The number of carbonyl (C=O) groups is 2. The largest absolute Gasteiger partial charge is 0.469 e. The number of nitrogens with one attached hydrogen (secondary N) is 1. The molecule has 1 aromatic heterocycles. The van der Waals surface area contributed by atoms with E-state index in [2.05, 4.69) is 15.0 Å². The molecular weight excluding hydrogens is 268 g/mol. The van der Waals surface area contributed by atoms with E-state index in [0.29, 0.717) is 11.4 Å². The fourth-order valence-corrected chi connectivity index (χ4v) is 1.61. The molecule has 1 rings (SSSR count). The Morgan fingerprint density at radius 1 is 1.47 bits per heavy atom. The molecule has 1 N–H and O–H groups in total. The SMILES string of the molecule is CC[C@](C)(CC(=O)OC)NC(=O)c1ccc(Cl)cn1. The van der Waals surface area contributed by atoms with E-state index >= 15 is 0 Å². The first-order valence-corrected chi connectivity index (χ1v) is 6.29. The zero-order valence-electron chi connectivity index (χ0n) is 11.2. The summed E-state index contributed by atoms with van der Waals surface area (Å²) in [4.78, 5) is 27.3. The highest BCUT2D eigenvalue weighted by molar-refractivity contribution is 6.30. The van der Waals surface area contributed by atoms with E-state index in [1.165, 1.54) is 19.4 Å². The molecule has 6 heteroatoms. The fraction of sp³-hybridized carbons (Fsp3) is 0.462. The van der Waals surface area contributed by atoms with Crippen LogP contribution in [0.25, 0.3) is 0 Å². The van der Waals surface area contributed by atoms with E-state index in [0.717, 1.165) is 0 Å². The minimum Gasteiger partial charge on any atom is -0.469 e. The summed E-state index contributed by atoms with van der Waals surface area (Å²) in [5, 5.41) is 3.26. The number of esters is 1. The summed E-state index contributed by atoms with van der Waals surface area (Å²) in [7, 11) is 1.32. The molecule has 0 saturated carbocycles. The Labute approximate surface area is 117 Å². The van der Waals surface area contributed by atoms with Gasteiger partial charge in [0, 0.05) is 11.7 Å². The van der Waals surface area contributed by atoms with Gasteiger partial charge in [-0.25, -0.2) is 4.98 Å². The van der Waals surface area contributed by atoms with Crippen LogP contribution in [-0.4, -0.2) is 29.5 Å². The Morgan fingerprint density at radius 2 is 2.16 bits per heavy atom. The third-order valence-electron chi connectivity index (χ3n) is 2.92. The average Bonchev–Trinajstić information content (AvgIpc) is 2.39. The molecule has 0 saturated heterocycles. The van der Waals surface area contributed by atoms with Crippen LogP contribution in [0.3, 0.4) is 0 Å². The van der Waals surface area contributed by atoms with Crippen LogP contribution in [-0.2, 0) is 9.53 Å². The predicted octanol–water partition coefficient (Wildman–Crippen LogP) is 2.20. The summed E-state index contributed by atoms with van der Waals surface area (Å²) in [5.74, 6) is -0.710. The van der Waals surface area contributed by atoms with Gasteiger partial charge in [-0.2, -0.15) is 0 Å². The van der Waals surface area contributed by atoms with E-state index in [1.807, 2.05) is 6.92 Å². The maximum Gasteiger partial charge on any atom is 0.307 e. The molecule has 1 heterocycles. The molecule has 0 radical (unpaired) electrons. The van der Waals surface area contributed by atoms with Crippen LogP contribution in [0.15, 0.2) is 18.3 Å². The molecule has 1 aromatic rings. The highest BCUT2D eigenvalue weighted by Gasteiger charge is 2.28. The van der Waals surface area contributed by atoms with E-state index in [-0.39, 0.29) is 24.0 Å². The Balaban J connectivity index is 2.77. The predicted molar refractivity (Wildman–Crippen MR) is 72.0 cm³/mol. The van der Waals surface area contributed by atoms with Crippen molar-refractivity contribution in [2.24, 2.45) is 0 Å². The summed E-state index contributed by atoms with van der Waals surface area (Å²) < 4.78 is 4.63. The summed E-state index contributed by atoms with van der Waals surface area (Å²) in [5.41, 5.74) is -0.403. The van der Waals surface area contributed by atoms with Gasteiger partial charge in [-0.15, -0.1) is 0 Å². The van der Waals surface area contributed by atoms with Crippen molar-refractivity contribution in [1.29, 1.82) is 0 Å². The Hall–Kier alpha value is -1.62. The van der Waals surface area contributed by atoms with Gasteiger partial charge < -0.3 is 10.1 Å². The maximum atomic E-state index is 12.0. The third kappa shape index (κ3) is 4.52. The maximum absolute atomic E-state index is 12.0. The van der Waals surface area contributed by atoms with Gasteiger partial charge in [0.05, 0.1) is 18.6 Å². The average molecular weight is 285 g/mol. The quantitative estimate of drug-likeness (QED) is 0.842. The van der Waals surface area contributed by atoms with Gasteiger partial charge in [0.2, 0.25) is 0 Å². The van der Waals surface area contributed by atoms with Crippen molar-refractivity contribution in [3.63, 3.8) is 0 Å². The number of pyridine rings is 1. The van der Waals surface area contributed by atoms with Crippen LogP contribution < -0.4 is 5.32 Å². The summed E-state index contributed by atoms with van der Waals surface area (Å²) >= 11 is 5.71. The number of hydrogen-bond acceptors (Lipinski definition) is 4. The van der Waals surface area contributed by atoms with Crippen molar-refractivity contribution in [3.05, 3.63) is 29.0 Å². The highest BCUT2D eigenvalue weighted by atomic mass is 35.5. The van der Waals surface area contributed by atoms with E-state index in [9.17, 15) is 9.59 Å². The Kier molecular flexibility index (Phi) is 5.30. The molecule has 1 atom stereocenters. The first kappa shape index (κ1) is 15.4. The van der Waals surface area contributed by atoms with Crippen molar-refractivity contribution in [3.8, 4) is 0 Å². The molecule has 0 aliphatic rings. The number of hydrogen-bond donors (Lipinski definition) is 1. The summed E-state index contributed by atoms with van der Waals surface area (Å²) in [6.07, 6.45) is 2.11. The van der Waals surface area contributed by atoms with Crippen molar-refractivity contribution >= 4 is 23.5 Å². The molecular formula is C13H17ClN2O3. The number of aromatic nitrogens is 1. The lowest BCUT2D eigenvalue weighted by molar-refractivity contribution is -0.142. The molecule has 0 bridgehead atoms. The van der Waals surface area contributed by atoms with E-state index < -0.39 is 5.54 Å². The topological polar surface area (TPSA) is 68.3 Å². The normalized spacial score (nSPS) is 13.5. The monoisotopic (exact) mass is 284 g/mol. The lowest BCUT2D eigenvalue weighted by atomic mass is 9.94. The van der Waals surface area contributed by atoms with Gasteiger partial charge in [-0.3, -0.25) is 9.59 Å². The first-order valence-electron chi connectivity index (χ1n) is 5.91. The number of methoxy groups -OCH3 is 1. The minimum absolute atomic E-state index is 0.110. The number of ether oxygens (including phenoxy) is 1. The Morgan fingerprint density at radius 3 is 2.63 bits per heavy atom. The van der Waals surface area contributed by atoms with Gasteiger partial charge in [0.1, 0.15) is 5.69 Å². The second-order valence-electron chi connectivity index (χ2n) is 4.48. The molecule has 0 aliphatic heterocycles. The number of amides is 1. The standard InChI is InChI=1S/C13H17ClN2O3/c1-4-13(2,7-11(17)19-3)16-12(18)10-6-5-9(14)8-15-10/h5-6,8H,4,7H2,1-3H3,(H,16,18)/t13-/m1/s1. The number of carbonyl (C=O) groups excluding carboxylic acids is 2. The highest BCUT2D eigenvalue weighted by Crippen LogP contribution is 2.16. The van der Waals surface area contributed by atoms with Crippen molar-refractivity contribution < 1.29 is 14.3 Å². The van der Waals surface area contributed by atoms with Crippen molar-refractivity contribution in [2.75, 3.05) is 7.11 Å². The molecule has 5 nitrogen and oxygen atoms in total. The summed E-state index contributed by atoms with van der Waals surface area (Å²) in [6, 6.07) is 3.12. The van der Waals surface area contributed by atoms with Crippen molar-refractivity contribution in [2.45, 2.75) is 32.2 Å².